The minimum absolute atomic E-state index is 0.0732. The van der Waals surface area contributed by atoms with Crippen LogP contribution in [0, 0.1) is 0 Å². The molecule has 2 heterocycles. The molecule has 186 valence electrons. The highest BCUT2D eigenvalue weighted by atomic mass is 32.2. The highest BCUT2D eigenvalue weighted by Crippen LogP contribution is 2.32. The van der Waals surface area contributed by atoms with Crippen molar-refractivity contribution in [3.05, 3.63) is 34.2 Å². The van der Waals surface area contributed by atoms with Gasteiger partial charge >= 0.3 is 0 Å². The number of fused-ring (bicyclic) bond motifs is 1. The van der Waals surface area contributed by atoms with Crippen LogP contribution in [0.3, 0.4) is 0 Å². The van der Waals surface area contributed by atoms with E-state index < -0.39 is 28.8 Å². The molecule has 0 radical (unpaired) electrons. The number of ether oxygens (including phenoxy) is 1. The molecule has 1 aromatic carbocycles. The minimum atomic E-state index is -4.04. The van der Waals surface area contributed by atoms with Gasteiger partial charge in [-0.2, -0.15) is 9.40 Å². The first-order chi connectivity index (χ1) is 16.3. The van der Waals surface area contributed by atoms with Crippen molar-refractivity contribution in [2.45, 2.75) is 38.0 Å². The molecule has 0 amide bonds. The zero-order valence-corrected chi connectivity index (χ0v) is 20.4. The summed E-state index contributed by atoms with van der Waals surface area (Å²) >= 11 is 0. The lowest BCUT2D eigenvalue weighted by Crippen LogP contribution is -2.35. The summed E-state index contributed by atoms with van der Waals surface area (Å²) in [6.45, 7) is 3.23. The molecule has 0 bridgehead atoms. The predicted octanol–water partition coefficient (Wildman–Crippen LogP) is 1.04. The summed E-state index contributed by atoms with van der Waals surface area (Å²) in [6.07, 6.45) is 2.19. The predicted molar refractivity (Wildman–Crippen MR) is 127 cm³/mol. The molecular formula is C22H31N5O6S. The Labute approximate surface area is 198 Å². The van der Waals surface area contributed by atoms with E-state index in [-0.39, 0.29) is 23.8 Å². The fraction of sp³-hybridized carbons (Fsp3) is 0.500. The Morgan fingerprint density at radius 3 is 2.47 bits per heavy atom. The van der Waals surface area contributed by atoms with E-state index in [2.05, 4.69) is 15.1 Å². The van der Waals surface area contributed by atoms with E-state index in [1.165, 1.54) is 22.9 Å². The number of hydrogen-bond acceptors (Lipinski definition) is 8. The topological polar surface area (TPSA) is 151 Å². The molecule has 12 heteroatoms. The van der Waals surface area contributed by atoms with Crippen LogP contribution in [0.15, 0.2) is 27.9 Å². The highest BCUT2D eigenvalue weighted by Gasteiger charge is 2.26. The lowest BCUT2D eigenvalue weighted by atomic mass is 10.1. The van der Waals surface area contributed by atoms with Crippen LogP contribution in [0.2, 0.25) is 0 Å². The number of sulfonamides is 1. The van der Waals surface area contributed by atoms with Gasteiger partial charge in [-0.25, -0.2) is 13.4 Å². The maximum atomic E-state index is 13.2. The number of rotatable bonds is 12. The van der Waals surface area contributed by atoms with E-state index in [1.54, 1.807) is 7.05 Å². The zero-order chi connectivity index (χ0) is 24.9. The van der Waals surface area contributed by atoms with Gasteiger partial charge in [-0.1, -0.05) is 20.3 Å². The zero-order valence-electron chi connectivity index (χ0n) is 19.6. The minimum Gasteiger partial charge on any atom is -0.493 e. The average Bonchev–Trinajstić information content (AvgIpc) is 3.13. The number of nitrogens with one attached hydrogen (secondary N) is 1. The smallest absolute Gasteiger partial charge is 0.277 e. The number of hydrogen-bond donors (Lipinski definition) is 3. The second-order valence-corrected chi connectivity index (χ2v) is 9.73. The van der Waals surface area contributed by atoms with Crippen LogP contribution in [0.25, 0.3) is 22.4 Å². The van der Waals surface area contributed by atoms with Gasteiger partial charge in [-0.3, -0.25) is 9.48 Å². The van der Waals surface area contributed by atoms with Crippen molar-refractivity contribution >= 4 is 21.1 Å². The van der Waals surface area contributed by atoms with Crippen molar-refractivity contribution in [1.82, 2.24) is 24.1 Å². The molecule has 0 unspecified atom stereocenters. The van der Waals surface area contributed by atoms with Gasteiger partial charge in [0.05, 0.1) is 36.0 Å². The maximum Gasteiger partial charge on any atom is 0.277 e. The second-order valence-electron chi connectivity index (χ2n) is 7.79. The Kier molecular flexibility index (Phi) is 8.42. The standard InChI is InChI=1S/C22H31N5O6S/c1-4-6-17-19-20(26(3)25-17)22(30)24-21(23-19)16-14-15(7-8-18(16)33-13-5-2)34(31,32)27(9-11-28)10-12-29/h7-8,14,28-29H,4-6,9-13H2,1-3H3,(H,23,24,30). The fourth-order valence-electron chi connectivity index (χ4n) is 3.70. The number of aliphatic hydroxyl groups is 2. The second kappa shape index (κ2) is 11.1. The molecule has 0 fully saturated rings. The molecule has 0 aliphatic heterocycles. The van der Waals surface area contributed by atoms with Crippen LogP contribution in [-0.4, -0.2) is 75.6 Å². The monoisotopic (exact) mass is 493 g/mol. The number of aryl methyl sites for hydroxylation is 2. The van der Waals surface area contributed by atoms with Crippen molar-refractivity contribution < 1.29 is 23.4 Å². The third kappa shape index (κ3) is 5.14. The SMILES string of the molecule is CCCOc1ccc(S(=O)(=O)N(CCO)CCO)cc1-c1nc2c(CCC)nn(C)c2c(=O)[nH]1. The molecule has 0 saturated heterocycles. The summed E-state index contributed by atoms with van der Waals surface area (Å²) in [4.78, 5) is 20.2. The summed E-state index contributed by atoms with van der Waals surface area (Å²) in [5, 5.41) is 23.0. The van der Waals surface area contributed by atoms with Crippen molar-refractivity contribution in [3.63, 3.8) is 0 Å². The molecule has 34 heavy (non-hydrogen) atoms. The van der Waals surface area contributed by atoms with Crippen LogP contribution in [0.1, 0.15) is 32.4 Å². The van der Waals surface area contributed by atoms with Gasteiger partial charge in [0.2, 0.25) is 10.0 Å². The summed E-state index contributed by atoms with van der Waals surface area (Å²) in [7, 11) is -2.36. The maximum absolute atomic E-state index is 13.2. The van der Waals surface area contributed by atoms with Crippen LogP contribution < -0.4 is 10.3 Å². The van der Waals surface area contributed by atoms with E-state index in [1.807, 2.05) is 13.8 Å². The van der Waals surface area contributed by atoms with Gasteiger partial charge in [0, 0.05) is 20.1 Å². The lowest BCUT2D eigenvalue weighted by Gasteiger charge is -2.21. The van der Waals surface area contributed by atoms with Gasteiger partial charge in [-0.05, 0) is 31.0 Å². The number of benzene rings is 1. The first-order valence-corrected chi connectivity index (χ1v) is 12.7. The number of aromatic nitrogens is 4. The molecule has 3 aromatic rings. The van der Waals surface area contributed by atoms with Gasteiger partial charge in [0.1, 0.15) is 17.1 Å². The van der Waals surface area contributed by atoms with Gasteiger partial charge in [0.25, 0.3) is 5.56 Å². The van der Waals surface area contributed by atoms with Crippen LogP contribution in [-0.2, 0) is 23.5 Å². The molecule has 2 aromatic heterocycles. The Morgan fingerprint density at radius 2 is 1.85 bits per heavy atom. The summed E-state index contributed by atoms with van der Waals surface area (Å²) < 4.78 is 34.7. The summed E-state index contributed by atoms with van der Waals surface area (Å²) in [5.41, 5.74) is 1.40. The van der Waals surface area contributed by atoms with Crippen LogP contribution in [0.4, 0.5) is 0 Å². The molecular weight excluding hydrogens is 462 g/mol. The van der Waals surface area contributed by atoms with Crippen LogP contribution in [0.5, 0.6) is 5.75 Å². The normalized spacial score (nSPS) is 12.1. The fourth-order valence-corrected chi connectivity index (χ4v) is 5.15. The Morgan fingerprint density at radius 1 is 1.15 bits per heavy atom. The summed E-state index contributed by atoms with van der Waals surface area (Å²) in [5.74, 6) is 0.543. The third-order valence-electron chi connectivity index (χ3n) is 5.25. The molecule has 0 spiro atoms. The van der Waals surface area contributed by atoms with Crippen molar-refractivity contribution in [1.29, 1.82) is 0 Å². The van der Waals surface area contributed by atoms with E-state index in [4.69, 9.17) is 4.74 Å². The molecule has 3 rings (SSSR count). The van der Waals surface area contributed by atoms with E-state index in [0.717, 1.165) is 17.1 Å². The Hall–Kier alpha value is -2.80. The molecule has 0 saturated carbocycles. The van der Waals surface area contributed by atoms with E-state index >= 15 is 0 Å². The van der Waals surface area contributed by atoms with E-state index in [0.29, 0.717) is 41.1 Å². The van der Waals surface area contributed by atoms with Crippen molar-refractivity contribution in [2.75, 3.05) is 32.9 Å². The molecule has 0 aliphatic rings. The first-order valence-electron chi connectivity index (χ1n) is 11.2. The van der Waals surface area contributed by atoms with E-state index in [9.17, 15) is 23.4 Å². The average molecular weight is 494 g/mol. The van der Waals surface area contributed by atoms with Gasteiger partial charge in [0.15, 0.2) is 5.52 Å². The number of aromatic amines is 1. The van der Waals surface area contributed by atoms with Crippen LogP contribution >= 0.6 is 0 Å². The van der Waals surface area contributed by atoms with Crippen molar-refractivity contribution in [3.8, 4) is 17.1 Å². The lowest BCUT2D eigenvalue weighted by molar-refractivity contribution is 0.217. The highest BCUT2D eigenvalue weighted by molar-refractivity contribution is 7.89. The van der Waals surface area contributed by atoms with Gasteiger partial charge < -0.3 is 19.9 Å². The van der Waals surface area contributed by atoms with Gasteiger partial charge in [-0.15, -0.1) is 0 Å². The molecule has 0 atom stereocenters. The Balaban J connectivity index is 2.22. The first kappa shape index (κ1) is 25.8. The largest absolute Gasteiger partial charge is 0.493 e. The number of H-pyrrole nitrogens is 1. The summed E-state index contributed by atoms with van der Waals surface area (Å²) in [6, 6.07) is 4.31. The molecule has 3 N–H and O–H groups in total. The quantitative estimate of drug-likeness (QED) is 0.339. The Bertz CT molecular complexity index is 1300. The van der Waals surface area contributed by atoms with Crippen molar-refractivity contribution in [2.24, 2.45) is 7.05 Å². The number of nitrogens with zero attached hydrogens (tertiary/aromatic N) is 4. The third-order valence-corrected chi connectivity index (χ3v) is 7.15. The molecule has 0 aliphatic carbocycles. The number of aliphatic hydroxyl groups excluding tert-OH is 2. The molecule has 11 nitrogen and oxygen atoms in total.